The Kier molecular flexibility index (Phi) is 6.20. The van der Waals surface area contributed by atoms with Gasteiger partial charge >= 0.3 is 0 Å². The average molecular weight is 347 g/mol. The Morgan fingerprint density at radius 2 is 2.16 bits per heavy atom. The zero-order valence-corrected chi connectivity index (χ0v) is 12.6. The molecule has 0 saturated carbocycles. The van der Waals surface area contributed by atoms with Gasteiger partial charge in [0.15, 0.2) is 0 Å². The van der Waals surface area contributed by atoms with Crippen LogP contribution < -0.4 is 10.0 Å². The van der Waals surface area contributed by atoms with E-state index in [0.717, 1.165) is 0 Å². The molecule has 1 rings (SSSR count). The predicted molar refractivity (Wildman–Crippen MR) is 77.2 cm³/mol. The molecule has 0 saturated heterocycles. The van der Waals surface area contributed by atoms with Crippen molar-refractivity contribution in [3.8, 4) is 0 Å². The molecule has 0 heterocycles. The van der Waals surface area contributed by atoms with Crippen molar-refractivity contribution in [1.82, 2.24) is 10.0 Å². The molecule has 0 aliphatic rings. The fraction of sp³-hybridized carbons (Fsp3) is 0.250. The average Bonchev–Trinajstić information content (AvgIpc) is 2.36. The fourth-order valence-electron chi connectivity index (χ4n) is 1.29. The largest absolute Gasteiger partial charge is 0.353 e. The summed E-state index contributed by atoms with van der Waals surface area (Å²) < 4.78 is 26.9. The van der Waals surface area contributed by atoms with E-state index < -0.39 is 10.0 Å². The molecule has 0 aliphatic carbocycles. The molecular weight excluding hydrogens is 332 g/mol. The van der Waals surface area contributed by atoms with Crippen molar-refractivity contribution in [3.05, 3.63) is 41.4 Å². The van der Waals surface area contributed by atoms with Crippen LogP contribution in [-0.4, -0.2) is 27.4 Å². The minimum Gasteiger partial charge on any atom is -0.353 e. The van der Waals surface area contributed by atoms with Crippen LogP contribution in [0.15, 0.2) is 46.3 Å². The number of halogens is 1. The third kappa shape index (κ3) is 5.54. The van der Waals surface area contributed by atoms with Crippen molar-refractivity contribution in [2.75, 3.05) is 13.1 Å². The summed E-state index contributed by atoms with van der Waals surface area (Å²) in [5, 5.41) is 2.57. The summed E-state index contributed by atoms with van der Waals surface area (Å²) in [4.78, 5) is 11.4. The highest BCUT2D eigenvalue weighted by Gasteiger charge is 2.14. The number of sulfonamides is 1. The third-order valence-electron chi connectivity index (χ3n) is 2.19. The van der Waals surface area contributed by atoms with E-state index in [1.54, 1.807) is 18.2 Å². The lowest BCUT2D eigenvalue weighted by atomic mass is 10.4. The van der Waals surface area contributed by atoms with Crippen LogP contribution in [0.1, 0.15) is 6.42 Å². The van der Waals surface area contributed by atoms with E-state index >= 15 is 0 Å². The van der Waals surface area contributed by atoms with Crippen LogP contribution in [0.2, 0.25) is 0 Å². The number of carbonyl (C=O) groups excluding carboxylic acids is 1. The van der Waals surface area contributed by atoms with E-state index in [9.17, 15) is 13.2 Å². The SMILES string of the molecule is C=CCNC(=O)CCNS(=O)(=O)c1cccc(Br)c1. The summed E-state index contributed by atoms with van der Waals surface area (Å²) >= 11 is 3.21. The molecule has 104 valence electrons. The maximum Gasteiger partial charge on any atom is 0.240 e. The van der Waals surface area contributed by atoms with Crippen LogP contribution in [0.25, 0.3) is 0 Å². The molecule has 0 spiro atoms. The first-order valence-corrected chi connectivity index (χ1v) is 7.86. The smallest absolute Gasteiger partial charge is 0.240 e. The molecule has 1 amide bonds. The lowest BCUT2D eigenvalue weighted by molar-refractivity contribution is -0.120. The van der Waals surface area contributed by atoms with Gasteiger partial charge in [-0.2, -0.15) is 0 Å². The second-order valence-electron chi connectivity index (χ2n) is 3.70. The molecule has 0 radical (unpaired) electrons. The number of carbonyl (C=O) groups is 1. The van der Waals surface area contributed by atoms with Gasteiger partial charge in [-0.15, -0.1) is 6.58 Å². The second kappa shape index (κ2) is 7.42. The van der Waals surface area contributed by atoms with Crippen molar-refractivity contribution in [1.29, 1.82) is 0 Å². The predicted octanol–water partition coefficient (Wildman–Crippen LogP) is 1.42. The lowest BCUT2D eigenvalue weighted by Gasteiger charge is -2.07. The lowest BCUT2D eigenvalue weighted by Crippen LogP contribution is -2.30. The standard InChI is InChI=1S/C12H15BrN2O3S/c1-2-7-14-12(16)6-8-15-19(17,18)11-5-3-4-10(13)9-11/h2-5,9,15H,1,6-8H2,(H,14,16). The Labute approximate surface area is 121 Å². The zero-order chi connectivity index (χ0) is 14.3. The van der Waals surface area contributed by atoms with Gasteiger partial charge in [0, 0.05) is 24.0 Å². The van der Waals surface area contributed by atoms with Crippen molar-refractivity contribution < 1.29 is 13.2 Å². The topological polar surface area (TPSA) is 75.3 Å². The van der Waals surface area contributed by atoms with E-state index in [4.69, 9.17) is 0 Å². The van der Waals surface area contributed by atoms with Gasteiger partial charge in [-0.3, -0.25) is 4.79 Å². The van der Waals surface area contributed by atoms with E-state index in [1.807, 2.05) is 0 Å². The van der Waals surface area contributed by atoms with Gasteiger partial charge in [-0.1, -0.05) is 28.1 Å². The van der Waals surface area contributed by atoms with Gasteiger partial charge in [-0.25, -0.2) is 13.1 Å². The summed E-state index contributed by atoms with van der Waals surface area (Å²) in [5.74, 6) is -0.225. The van der Waals surface area contributed by atoms with Gasteiger partial charge in [0.2, 0.25) is 15.9 Å². The summed E-state index contributed by atoms with van der Waals surface area (Å²) in [6.45, 7) is 3.90. The monoisotopic (exact) mass is 346 g/mol. The molecule has 2 N–H and O–H groups in total. The molecule has 5 nitrogen and oxygen atoms in total. The second-order valence-corrected chi connectivity index (χ2v) is 6.38. The first-order valence-electron chi connectivity index (χ1n) is 5.58. The van der Waals surface area contributed by atoms with Crippen LogP contribution in [0.5, 0.6) is 0 Å². The summed E-state index contributed by atoms with van der Waals surface area (Å²) in [6.07, 6.45) is 1.64. The van der Waals surface area contributed by atoms with E-state index in [0.29, 0.717) is 11.0 Å². The van der Waals surface area contributed by atoms with Crippen LogP contribution in [0.4, 0.5) is 0 Å². The Hall–Kier alpha value is -1.18. The molecule has 0 unspecified atom stereocenters. The fourth-order valence-corrected chi connectivity index (χ4v) is 2.92. The number of rotatable bonds is 7. The molecule has 0 aromatic heterocycles. The molecule has 19 heavy (non-hydrogen) atoms. The van der Waals surface area contributed by atoms with Crippen LogP contribution in [0, 0.1) is 0 Å². The molecule has 1 aromatic rings. The maximum atomic E-state index is 11.9. The minimum absolute atomic E-state index is 0.0534. The Bertz CT molecular complexity index is 558. The summed E-state index contributed by atoms with van der Waals surface area (Å²) in [6, 6.07) is 6.36. The van der Waals surface area contributed by atoms with Crippen LogP contribution in [-0.2, 0) is 14.8 Å². The van der Waals surface area contributed by atoms with Crippen molar-refractivity contribution in [3.63, 3.8) is 0 Å². The number of hydrogen-bond acceptors (Lipinski definition) is 3. The van der Waals surface area contributed by atoms with Gasteiger partial charge in [0.25, 0.3) is 0 Å². The molecule has 1 aromatic carbocycles. The van der Waals surface area contributed by atoms with Gasteiger partial charge in [-0.05, 0) is 18.2 Å². The molecular formula is C12H15BrN2O3S. The van der Waals surface area contributed by atoms with E-state index in [2.05, 4.69) is 32.5 Å². The summed E-state index contributed by atoms with van der Waals surface area (Å²) in [7, 11) is -3.58. The zero-order valence-electron chi connectivity index (χ0n) is 10.2. The number of amides is 1. The highest BCUT2D eigenvalue weighted by atomic mass is 79.9. The van der Waals surface area contributed by atoms with Crippen molar-refractivity contribution in [2.45, 2.75) is 11.3 Å². The molecule has 7 heteroatoms. The normalized spacial score (nSPS) is 11.0. The first kappa shape index (κ1) is 15.9. The quantitative estimate of drug-likeness (QED) is 0.733. The maximum absolute atomic E-state index is 11.9. The highest BCUT2D eigenvalue weighted by Crippen LogP contribution is 2.15. The Morgan fingerprint density at radius 1 is 1.42 bits per heavy atom. The molecule has 0 atom stereocenters. The van der Waals surface area contributed by atoms with Gasteiger partial charge < -0.3 is 5.32 Å². The first-order chi connectivity index (χ1) is 8.95. The molecule has 0 bridgehead atoms. The number of benzene rings is 1. The highest BCUT2D eigenvalue weighted by molar-refractivity contribution is 9.10. The van der Waals surface area contributed by atoms with Crippen LogP contribution in [0.3, 0.4) is 0 Å². The van der Waals surface area contributed by atoms with E-state index in [-0.39, 0.29) is 23.8 Å². The number of nitrogens with one attached hydrogen (secondary N) is 2. The number of hydrogen-bond donors (Lipinski definition) is 2. The van der Waals surface area contributed by atoms with Gasteiger partial charge in [0.05, 0.1) is 4.90 Å². The van der Waals surface area contributed by atoms with Gasteiger partial charge in [0.1, 0.15) is 0 Å². The third-order valence-corrected chi connectivity index (χ3v) is 4.15. The Balaban J connectivity index is 2.52. The van der Waals surface area contributed by atoms with Crippen molar-refractivity contribution >= 4 is 31.9 Å². The van der Waals surface area contributed by atoms with E-state index in [1.165, 1.54) is 12.1 Å². The Morgan fingerprint density at radius 3 is 2.79 bits per heavy atom. The minimum atomic E-state index is -3.58. The molecule has 0 aliphatic heterocycles. The molecule has 0 fully saturated rings. The summed E-state index contributed by atoms with van der Waals surface area (Å²) in [5.41, 5.74) is 0. The van der Waals surface area contributed by atoms with Crippen molar-refractivity contribution in [2.24, 2.45) is 0 Å². The van der Waals surface area contributed by atoms with Crippen LogP contribution >= 0.6 is 15.9 Å².